The van der Waals surface area contributed by atoms with Crippen molar-refractivity contribution in [1.82, 2.24) is 0 Å². The number of hydrogen-bond acceptors (Lipinski definition) is 1. The Hall–Kier alpha value is 0.972. The van der Waals surface area contributed by atoms with Crippen molar-refractivity contribution in [3.8, 4) is 0 Å². The van der Waals surface area contributed by atoms with Crippen LogP contribution in [0.1, 0.15) is 45.4 Å². The number of rotatable bonds is 5. The molecular weight excluding hydrogens is 243 g/mol. The molecule has 0 radical (unpaired) electrons. The highest BCUT2D eigenvalue weighted by Crippen LogP contribution is 2.24. The van der Waals surface area contributed by atoms with Crippen molar-refractivity contribution in [1.29, 1.82) is 0 Å². The van der Waals surface area contributed by atoms with E-state index in [-0.39, 0.29) is 0 Å². The molecule has 1 aliphatic rings. The van der Waals surface area contributed by atoms with Crippen molar-refractivity contribution in [2.75, 3.05) is 0 Å². The first-order valence-electron chi connectivity index (χ1n) is 5.62. The second kappa shape index (κ2) is 7.29. The summed E-state index contributed by atoms with van der Waals surface area (Å²) < 4.78 is 5.92. The molecule has 1 nitrogen and oxygen atoms in total. The van der Waals surface area contributed by atoms with Gasteiger partial charge in [-0.3, -0.25) is 0 Å². The van der Waals surface area contributed by atoms with Crippen LogP contribution in [0.25, 0.3) is 0 Å². The average molecular weight is 263 g/mol. The van der Waals surface area contributed by atoms with E-state index < -0.39 is 14.5 Å². The van der Waals surface area contributed by atoms with E-state index in [9.17, 15) is 0 Å². The van der Waals surface area contributed by atoms with Gasteiger partial charge in [0.1, 0.15) is 0 Å². The highest BCUT2D eigenvalue weighted by Gasteiger charge is 2.26. The van der Waals surface area contributed by atoms with Gasteiger partial charge in [-0.25, -0.2) is 0 Å². The molecule has 0 aromatic rings. The lowest BCUT2D eigenvalue weighted by Gasteiger charge is -2.23. The first kappa shape index (κ1) is 12.0. The second-order valence-electron chi connectivity index (χ2n) is 3.95. The minimum atomic E-state index is -0.774. The van der Waals surface area contributed by atoms with Crippen LogP contribution in [0.15, 0.2) is 0 Å². The predicted octanol–water partition coefficient (Wildman–Crippen LogP) is 4.09. The minimum Gasteiger partial charge on any atom is -0.490 e. The van der Waals surface area contributed by atoms with E-state index in [1.54, 1.807) is 0 Å². The summed E-state index contributed by atoms with van der Waals surface area (Å²) in [5.74, 6) is 0. The third kappa shape index (κ3) is 5.42. The van der Waals surface area contributed by atoms with E-state index in [0.29, 0.717) is 5.01 Å². The van der Waals surface area contributed by atoms with Gasteiger partial charge in [0.15, 0.2) is 0 Å². The minimum absolute atomic E-state index is 0.393. The monoisotopic (exact) mass is 262 g/mol. The fourth-order valence-corrected chi connectivity index (χ4v) is 5.65. The fourth-order valence-electron chi connectivity index (χ4n) is 1.86. The number of halogens is 1. The van der Waals surface area contributed by atoms with Gasteiger partial charge in [-0.1, -0.05) is 65.5 Å². The van der Waals surface area contributed by atoms with Gasteiger partial charge in [-0.15, -0.1) is 0 Å². The largest absolute Gasteiger partial charge is 0.490 e. The van der Waals surface area contributed by atoms with Crippen molar-refractivity contribution in [3.05, 3.63) is 0 Å². The standard InChI is InChI=1S/C6H13.C4H7BrO.Al/c1-3-5-6-4-2;1-2-3-4(5)6;/h1,3-6H2,2H3;4H,1-3H2;/q;-1;+1. The Labute approximate surface area is 95.1 Å². The highest BCUT2D eigenvalue weighted by atomic mass is 79.9. The van der Waals surface area contributed by atoms with Gasteiger partial charge in [0.25, 0.3) is 0 Å². The van der Waals surface area contributed by atoms with E-state index in [0.717, 1.165) is 0 Å². The van der Waals surface area contributed by atoms with Crippen LogP contribution in [0.5, 0.6) is 0 Å². The SMILES string of the molecule is CCCCC[CH2][Al]1[CH2]CCC(Br)[O]1. The van der Waals surface area contributed by atoms with Gasteiger partial charge < -0.3 is 3.79 Å². The van der Waals surface area contributed by atoms with Crippen LogP contribution in [0.2, 0.25) is 10.6 Å². The van der Waals surface area contributed by atoms with Crippen LogP contribution in [0.4, 0.5) is 0 Å². The molecule has 1 unspecified atom stereocenters. The molecule has 1 rings (SSSR count). The zero-order valence-corrected chi connectivity index (χ0v) is 11.3. The predicted molar refractivity (Wildman–Crippen MR) is 62.5 cm³/mol. The maximum Gasteiger partial charge on any atom is 0.461 e. The normalized spacial score (nSPS) is 23.5. The Kier molecular flexibility index (Phi) is 6.75. The second-order valence-corrected chi connectivity index (χ2v) is 7.64. The molecule has 0 N–H and O–H groups in total. The molecule has 0 saturated carbocycles. The molecule has 1 saturated heterocycles. The molecule has 0 spiro atoms. The van der Waals surface area contributed by atoms with Crippen LogP contribution in [-0.2, 0) is 3.79 Å². The topological polar surface area (TPSA) is 9.23 Å². The van der Waals surface area contributed by atoms with Crippen LogP contribution < -0.4 is 0 Å². The van der Waals surface area contributed by atoms with Crippen LogP contribution >= 0.6 is 15.9 Å². The quantitative estimate of drug-likeness (QED) is 0.412. The lowest BCUT2D eigenvalue weighted by atomic mass is 10.2. The zero-order valence-electron chi connectivity index (χ0n) is 8.60. The smallest absolute Gasteiger partial charge is 0.461 e. The Bertz CT molecular complexity index is 132. The van der Waals surface area contributed by atoms with Gasteiger partial charge in [-0.05, 0) is 6.42 Å². The first-order valence-corrected chi connectivity index (χ1v) is 8.64. The maximum atomic E-state index is 5.92. The molecule has 1 heterocycles. The fraction of sp³-hybridized carbons (Fsp3) is 1.00. The molecule has 1 fully saturated rings. The van der Waals surface area contributed by atoms with Crippen molar-refractivity contribution >= 4 is 30.4 Å². The lowest BCUT2D eigenvalue weighted by molar-refractivity contribution is 0.259. The van der Waals surface area contributed by atoms with Crippen molar-refractivity contribution in [3.63, 3.8) is 0 Å². The number of unbranched alkanes of at least 4 members (excludes halogenated alkanes) is 3. The van der Waals surface area contributed by atoms with Crippen molar-refractivity contribution in [2.24, 2.45) is 0 Å². The lowest BCUT2D eigenvalue weighted by Crippen LogP contribution is -2.26. The maximum absolute atomic E-state index is 5.92. The molecule has 1 atom stereocenters. The van der Waals surface area contributed by atoms with E-state index in [1.165, 1.54) is 49.1 Å². The molecule has 0 aromatic carbocycles. The zero-order chi connectivity index (χ0) is 9.52. The van der Waals surface area contributed by atoms with Crippen molar-refractivity contribution < 1.29 is 3.79 Å². The van der Waals surface area contributed by atoms with Gasteiger partial charge in [0.2, 0.25) is 0 Å². The van der Waals surface area contributed by atoms with Crippen LogP contribution in [0.3, 0.4) is 0 Å². The molecule has 76 valence electrons. The number of hydrogen-bond donors (Lipinski definition) is 0. The summed E-state index contributed by atoms with van der Waals surface area (Å²) in [7, 11) is 0. The summed E-state index contributed by atoms with van der Waals surface area (Å²) in [6, 6.07) is 0. The summed E-state index contributed by atoms with van der Waals surface area (Å²) >= 11 is 2.79. The Morgan fingerprint density at radius 2 is 2.23 bits per heavy atom. The van der Waals surface area contributed by atoms with E-state index in [4.69, 9.17) is 3.79 Å². The van der Waals surface area contributed by atoms with Crippen LogP contribution in [0, 0.1) is 0 Å². The summed E-state index contributed by atoms with van der Waals surface area (Å²) in [6.45, 7) is 2.27. The molecule has 3 heteroatoms. The molecule has 1 aliphatic heterocycles. The summed E-state index contributed by atoms with van der Waals surface area (Å²) in [5.41, 5.74) is 0. The number of alkyl halides is 1. The average Bonchev–Trinajstić information content (AvgIpc) is 2.13. The molecule has 0 aromatic heterocycles. The first-order chi connectivity index (χ1) is 6.33. The Balaban J connectivity index is 2.00. The highest BCUT2D eigenvalue weighted by molar-refractivity contribution is 9.09. The van der Waals surface area contributed by atoms with Gasteiger partial charge in [0.05, 0.1) is 5.01 Å². The van der Waals surface area contributed by atoms with Crippen molar-refractivity contribution in [2.45, 2.75) is 61.0 Å². The molecule has 0 aliphatic carbocycles. The summed E-state index contributed by atoms with van der Waals surface area (Å²) in [4.78, 5) is 0. The van der Waals surface area contributed by atoms with Crippen LogP contribution in [-0.4, -0.2) is 19.5 Å². The van der Waals surface area contributed by atoms with E-state index in [2.05, 4.69) is 22.9 Å². The third-order valence-corrected chi connectivity index (χ3v) is 6.57. The summed E-state index contributed by atoms with van der Waals surface area (Å²) in [5, 5.41) is 3.21. The van der Waals surface area contributed by atoms with Gasteiger partial charge >= 0.3 is 14.5 Å². The van der Waals surface area contributed by atoms with E-state index >= 15 is 0 Å². The third-order valence-electron chi connectivity index (χ3n) is 2.68. The Morgan fingerprint density at radius 3 is 2.92 bits per heavy atom. The molecule has 0 bridgehead atoms. The van der Waals surface area contributed by atoms with E-state index in [1.807, 2.05) is 0 Å². The molecular formula is C10H20AlBrO. The Morgan fingerprint density at radius 1 is 1.38 bits per heavy atom. The molecule has 13 heavy (non-hydrogen) atoms. The van der Waals surface area contributed by atoms with Gasteiger partial charge in [0, 0.05) is 0 Å². The van der Waals surface area contributed by atoms with Gasteiger partial charge in [-0.2, -0.15) is 0 Å². The molecule has 0 amide bonds. The summed E-state index contributed by atoms with van der Waals surface area (Å²) in [6.07, 6.45) is 8.17.